The van der Waals surface area contributed by atoms with Crippen molar-refractivity contribution >= 4 is 33.7 Å². The van der Waals surface area contributed by atoms with Crippen LogP contribution in [0, 0.1) is 11.8 Å². The number of rotatable bonds is 15. The van der Waals surface area contributed by atoms with E-state index in [-0.39, 0.29) is 35.9 Å². The number of aliphatic hydroxyl groups excluding tert-OH is 1. The maximum atomic E-state index is 14.3. The first kappa shape index (κ1) is 29.8. The fourth-order valence-electron chi connectivity index (χ4n) is 6.44. The smallest absolute Gasteiger partial charge is 0.312 e. The third-order valence-corrected chi connectivity index (χ3v) is 9.05. The van der Waals surface area contributed by atoms with Crippen LogP contribution in [0.15, 0.2) is 25.3 Å². The van der Waals surface area contributed by atoms with Gasteiger partial charge in [0.15, 0.2) is 0 Å². The van der Waals surface area contributed by atoms with Crippen LogP contribution in [0.1, 0.15) is 65.7 Å². The van der Waals surface area contributed by atoms with Crippen LogP contribution in [-0.2, 0) is 23.9 Å². The molecular weight excluding hydrogens is 540 g/mol. The first-order chi connectivity index (χ1) is 17.7. The molecule has 3 fully saturated rings. The highest BCUT2D eigenvalue weighted by Gasteiger charge is 2.77. The SMILES string of the molecule is C=CCCCCOC(=O)[C@H]1[C@@H]2OC3(CC2Br)C(C(=O)N(CC=C)C(C)CCC)N([C@@H](CC)CO)C(=O)[C@H]13. The lowest BCUT2D eigenvalue weighted by atomic mass is 9.70. The fourth-order valence-corrected chi connectivity index (χ4v) is 7.38. The van der Waals surface area contributed by atoms with Crippen molar-refractivity contribution in [3.8, 4) is 0 Å². The molecule has 3 rings (SSSR count). The summed E-state index contributed by atoms with van der Waals surface area (Å²) in [5.41, 5.74) is -1.16. The minimum Gasteiger partial charge on any atom is -0.465 e. The molecule has 0 aromatic rings. The van der Waals surface area contributed by atoms with Gasteiger partial charge in [0, 0.05) is 17.4 Å². The Labute approximate surface area is 229 Å². The Morgan fingerprint density at radius 3 is 2.65 bits per heavy atom. The summed E-state index contributed by atoms with van der Waals surface area (Å²) < 4.78 is 12.2. The number of hydrogen-bond acceptors (Lipinski definition) is 6. The van der Waals surface area contributed by atoms with Crippen LogP contribution < -0.4 is 0 Å². The van der Waals surface area contributed by atoms with Crippen molar-refractivity contribution in [2.75, 3.05) is 19.8 Å². The van der Waals surface area contributed by atoms with Crippen molar-refractivity contribution < 1.29 is 29.0 Å². The van der Waals surface area contributed by atoms with E-state index in [9.17, 15) is 19.5 Å². The largest absolute Gasteiger partial charge is 0.465 e. The molecule has 1 spiro atoms. The average molecular weight is 584 g/mol. The maximum Gasteiger partial charge on any atom is 0.312 e. The average Bonchev–Trinajstić information content (AvgIpc) is 3.46. The molecule has 208 valence electrons. The predicted molar refractivity (Wildman–Crippen MR) is 145 cm³/mol. The molecule has 37 heavy (non-hydrogen) atoms. The summed E-state index contributed by atoms with van der Waals surface area (Å²) in [6.45, 7) is 13.8. The van der Waals surface area contributed by atoms with Crippen molar-refractivity contribution in [3.63, 3.8) is 0 Å². The minimum atomic E-state index is -1.16. The number of amides is 2. The summed E-state index contributed by atoms with van der Waals surface area (Å²) in [5, 5.41) is 10.2. The molecule has 9 heteroatoms. The molecule has 8 atom stereocenters. The Kier molecular flexibility index (Phi) is 10.4. The summed E-state index contributed by atoms with van der Waals surface area (Å²) in [4.78, 5) is 44.8. The summed E-state index contributed by atoms with van der Waals surface area (Å²) in [7, 11) is 0. The van der Waals surface area contributed by atoms with Crippen LogP contribution in [0.5, 0.6) is 0 Å². The van der Waals surface area contributed by atoms with Gasteiger partial charge < -0.3 is 24.4 Å². The standard InChI is InChI=1S/C28H43BrN2O6/c1-6-10-11-12-15-36-27(35)21-22-25(33)31(19(9-4)17-32)24(28(22)16-20(29)23(21)37-28)26(34)30(14-8-3)18(5)13-7-2/h6,8,18-24,32H,1,3,7,9-17H2,2,4-5H3/t18?,19-,20?,21+,22-,23+,24?,28?/m0/s1. The topological polar surface area (TPSA) is 96.4 Å². The second-order valence-corrected chi connectivity index (χ2v) is 11.7. The zero-order valence-corrected chi connectivity index (χ0v) is 24.0. The maximum absolute atomic E-state index is 14.3. The molecule has 0 aromatic heterocycles. The van der Waals surface area contributed by atoms with E-state index in [1.807, 2.05) is 19.9 Å². The van der Waals surface area contributed by atoms with Crippen molar-refractivity contribution in [2.24, 2.45) is 11.8 Å². The number of hydrogen-bond donors (Lipinski definition) is 1. The molecule has 3 aliphatic rings. The second-order valence-electron chi connectivity index (χ2n) is 10.5. The fraction of sp³-hybridized carbons (Fsp3) is 0.750. The van der Waals surface area contributed by atoms with Gasteiger partial charge in [-0.25, -0.2) is 0 Å². The highest BCUT2D eigenvalue weighted by atomic mass is 79.9. The molecule has 0 aliphatic carbocycles. The molecule has 0 radical (unpaired) electrons. The number of carbonyl (C=O) groups is 3. The van der Waals surface area contributed by atoms with Crippen molar-refractivity contribution in [2.45, 2.75) is 100 Å². The number of aliphatic hydroxyl groups is 1. The van der Waals surface area contributed by atoms with E-state index < -0.39 is 41.6 Å². The lowest BCUT2D eigenvalue weighted by Crippen LogP contribution is -2.60. The summed E-state index contributed by atoms with van der Waals surface area (Å²) in [6, 6.07) is -1.55. The molecule has 0 aromatic carbocycles. The number of ether oxygens (including phenoxy) is 2. The lowest BCUT2D eigenvalue weighted by molar-refractivity contribution is -0.157. The van der Waals surface area contributed by atoms with Gasteiger partial charge in [0.2, 0.25) is 11.8 Å². The molecular formula is C28H43BrN2O6. The van der Waals surface area contributed by atoms with Crippen molar-refractivity contribution in [3.05, 3.63) is 25.3 Å². The van der Waals surface area contributed by atoms with Crippen LogP contribution >= 0.6 is 15.9 Å². The Morgan fingerprint density at radius 2 is 2.05 bits per heavy atom. The Hall–Kier alpha value is -1.71. The van der Waals surface area contributed by atoms with Gasteiger partial charge in [-0.1, -0.05) is 48.4 Å². The van der Waals surface area contributed by atoms with Crippen LogP contribution in [0.25, 0.3) is 0 Å². The van der Waals surface area contributed by atoms with Gasteiger partial charge in [-0.3, -0.25) is 14.4 Å². The van der Waals surface area contributed by atoms with Gasteiger partial charge in [0.25, 0.3) is 0 Å². The molecule has 3 aliphatic heterocycles. The van der Waals surface area contributed by atoms with Crippen LogP contribution in [0.4, 0.5) is 0 Å². The quantitative estimate of drug-likeness (QED) is 0.137. The summed E-state index contributed by atoms with van der Waals surface area (Å²) in [6.07, 6.45) is 7.99. The van der Waals surface area contributed by atoms with Crippen molar-refractivity contribution in [1.82, 2.24) is 9.80 Å². The van der Waals surface area contributed by atoms with Crippen LogP contribution in [0.2, 0.25) is 0 Å². The van der Waals surface area contributed by atoms with E-state index in [0.29, 0.717) is 25.8 Å². The highest BCUT2D eigenvalue weighted by molar-refractivity contribution is 9.09. The number of alkyl halides is 1. The molecule has 2 amide bonds. The van der Waals surface area contributed by atoms with Crippen LogP contribution in [0.3, 0.4) is 0 Å². The van der Waals surface area contributed by atoms with Gasteiger partial charge in [-0.15, -0.1) is 13.2 Å². The van der Waals surface area contributed by atoms with E-state index >= 15 is 0 Å². The molecule has 1 N–H and O–H groups in total. The summed E-state index contributed by atoms with van der Waals surface area (Å²) in [5.74, 6) is -2.62. The third kappa shape index (κ3) is 5.41. The molecule has 4 unspecified atom stereocenters. The number of halogens is 1. The highest BCUT2D eigenvalue weighted by Crippen LogP contribution is 2.60. The van der Waals surface area contributed by atoms with E-state index in [4.69, 9.17) is 9.47 Å². The zero-order chi connectivity index (χ0) is 27.3. The number of unbranched alkanes of at least 4 members (excludes halogenated alkanes) is 2. The normalized spacial score (nSPS) is 31.6. The number of likely N-dealkylation sites (tertiary alicyclic amines) is 1. The number of fused-ring (bicyclic) bond motifs is 1. The van der Waals surface area contributed by atoms with Gasteiger partial charge in [0.05, 0.1) is 37.2 Å². The van der Waals surface area contributed by atoms with E-state index in [1.54, 1.807) is 11.0 Å². The number of allylic oxidation sites excluding steroid dienone is 1. The predicted octanol–water partition coefficient (Wildman–Crippen LogP) is 3.61. The Balaban J connectivity index is 1.99. The lowest BCUT2D eigenvalue weighted by Gasteiger charge is -2.40. The molecule has 2 bridgehead atoms. The Bertz CT molecular complexity index is 864. The van der Waals surface area contributed by atoms with Crippen LogP contribution in [-0.4, -0.2) is 87.1 Å². The van der Waals surface area contributed by atoms with E-state index in [1.165, 1.54) is 4.90 Å². The van der Waals surface area contributed by atoms with E-state index in [0.717, 1.165) is 25.7 Å². The molecule has 0 saturated carbocycles. The third-order valence-electron chi connectivity index (χ3n) is 8.20. The first-order valence-corrected chi connectivity index (χ1v) is 14.6. The molecule has 3 saturated heterocycles. The van der Waals surface area contributed by atoms with Gasteiger partial charge in [-0.05, 0) is 45.4 Å². The summed E-state index contributed by atoms with van der Waals surface area (Å²) >= 11 is 3.68. The van der Waals surface area contributed by atoms with E-state index in [2.05, 4.69) is 36.0 Å². The van der Waals surface area contributed by atoms with Gasteiger partial charge in [0.1, 0.15) is 11.6 Å². The Morgan fingerprint density at radius 1 is 1.32 bits per heavy atom. The van der Waals surface area contributed by atoms with Crippen molar-refractivity contribution in [1.29, 1.82) is 0 Å². The second kappa shape index (κ2) is 12.9. The number of nitrogens with zero attached hydrogens (tertiary/aromatic N) is 2. The molecule has 8 nitrogen and oxygen atoms in total. The number of carbonyl (C=O) groups excluding carboxylic acids is 3. The zero-order valence-electron chi connectivity index (χ0n) is 22.4. The monoisotopic (exact) mass is 582 g/mol. The number of esters is 1. The molecule has 3 heterocycles. The minimum absolute atomic E-state index is 0.0631. The van der Waals surface area contributed by atoms with Gasteiger partial charge >= 0.3 is 5.97 Å². The first-order valence-electron chi connectivity index (χ1n) is 13.7. The van der Waals surface area contributed by atoms with Gasteiger partial charge in [-0.2, -0.15) is 0 Å².